The number of fused-ring (bicyclic) bond motifs is 7. The first-order valence-electron chi connectivity index (χ1n) is 20.7. The third kappa shape index (κ3) is 5.62. The summed E-state index contributed by atoms with van der Waals surface area (Å²) >= 11 is 0. The van der Waals surface area contributed by atoms with Gasteiger partial charge in [-0.2, -0.15) is 0 Å². The number of anilines is 3. The van der Waals surface area contributed by atoms with Crippen molar-refractivity contribution in [1.82, 2.24) is 0 Å². The van der Waals surface area contributed by atoms with E-state index in [1.807, 2.05) is 0 Å². The van der Waals surface area contributed by atoms with Gasteiger partial charge in [0.15, 0.2) is 0 Å². The number of rotatable bonds is 6. The maximum atomic E-state index is 2.50. The molecule has 0 saturated carbocycles. The van der Waals surface area contributed by atoms with Crippen molar-refractivity contribution in [2.45, 2.75) is 12.3 Å². The van der Waals surface area contributed by atoms with Gasteiger partial charge in [0, 0.05) is 23.0 Å². The van der Waals surface area contributed by atoms with E-state index in [9.17, 15) is 0 Å². The highest BCUT2D eigenvalue weighted by Crippen LogP contribution is 2.43. The van der Waals surface area contributed by atoms with E-state index in [1.165, 1.54) is 92.8 Å². The first kappa shape index (κ1) is 33.6. The predicted octanol–water partition coefficient (Wildman–Crippen LogP) is 14.1. The van der Waals surface area contributed by atoms with E-state index in [2.05, 4.69) is 223 Å². The van der Waals surface area contributed by atoms with Crippen LogP contribution in [0, 0.1) is 0 Å². The van der Waals surface area contributed by atoms with Gasteiger partial charge in [-0.15, -0.1) is 0 Å². The highest BCUT2D eigenvalue weighted by molar-refractivity contribution is 6.08. The van der Waals surface area contributed by atoms with Gasteiger partial charge in [0.1, 0.15) is 0 Å². The molecule has 1 nitrogen and oxygen atoms in total. The van der Waals surface area contributed by atoms with Gasteiger partial charge < -0.3 is 4.90 Å². The molecule has 0 amide bonds. The Balaban J connectivity index is 0.972. The van der Waals surface area contributed by atoms with Crippen LogP contribution in [0.25, 0.3) is 77.3 Å². The molecule has 0 spiro atoms. The van der Waals surface area contributed by atoms with Crippen LogP contribution >= 0.6 is 0 Å². The Morgan fingerprint density at radius 1 is 0.356 bits per heavy atom. The number of hydrogen-bond donors (Lipinski definition) is 0. The Labute approximate surface area is 344 Å². The summed E-state index contributed by atoms with van der Waals surface area (Å²) in [5, 5.41) is 10.4. The fourth-order valence-corrected chi connectivity index (χ4v) is 9.93. The van der Waals surface area contributed by atoms with Crippen molar-refractivity contribution in [3.8, 4) is 33.4 Å². The molecule has 2 aliphatic rings. The predicted molar refractivity (Wildman–Crippen MR) is 250 cm³/mol. The van der Waals surface area contributed by atoms with Crippen LogP contribution in [0.1, 0.15) is 23.5 Å². The Hall–Kier alpha value is -7.48. The maximum Gasteiger partial charge on any atom is 0.0467 e. The summed E-state index contributed by atoms with van der Waals surface area (Å²) in [6.45, 7) is 0. The molecule has 0 N–H and O–H groups in total. The summed E-state index contributed by atoms with van der Waals surface area (Å²) in [6, 6.07) is 78.5. The van der Waals surface area contributed by atoms with E-state index >= 15 is 0 Å². The van der Waals surface area contributed by atoms with Crippen molar-refractivity contribution in [2.24, 2.45) is 0 Å². The molecule has 10 aromatic carbocycles. The Bertz CT molecular complexity index is 3420. The molecule has 276 valence electrons. The van der Waals surface area contributed by atoms with E-state index in [0.29, 0.717) is 0 Å². The first-order valence-corrected chi connectivity index (χ1v) is 20.7. The van der Waals surface area contributed by atoms with Gasteiger partial charge in [0.05, 0.1) is 0 Å². The van der Waals surface area contributed by atoms with Crippen LogP contribution in [0.3, 0.4) is 0 Å². The van der Waals surface area contributed by atoms with Gasteiger partial charge in [-0.1, -0.05) is 176 Å². The third-order valence-electron chi connectivity index (χ3n) is 12.7. The summed E-state index contributed by atoms with van der Waals surface area (Å²) in [7, 11) is 0. The summed E-state index contributed by atoms with van der Waals surface area (Å²) < 4.78 is 0. The van der Waals surface area contributed by atoms with Gasteiger partial charge in [-0.3, -0.25) is 0 Å². The summed E-state index contributed by atoms with van der Waals surface area (Å²) in [6.07, 6.45) is 3.48. The zero-order valence-corrected chi connectivity index (χ0v) is 32.5. The van der Waals surface area contributed by atoms with Gasteiger partial charge in [0.2, 0.25) is 0 Å². The van der Waals surface area contributed by atoms with Crippen LogP contribution in [-0.2, 0) is 0 Å². The number of nitrogens with zero attached hydrogens (tertiary/aromatic N) is 1. The van der Waals surface area contributed by atoms with Crippen molar-refractivity contribution in [3.05, 3.63) is 234 Å². The Morgan fingerprint density at radius 2 is 0.966 bits per heavy atom. The smallest absolute Gasteiger partial charge is 0.0467 e. The second-order valence-corrected chi connectivity index (χ2v) is 16.0. The van der Waals surface area contributed by atoms with Gasteiger partial charge >= 0.3 is 0 Å². The highest BCUT2D eigenvalue weighted by Gasteiger charge is 2.26. The maximum absolute atomic E-state index is 2.50. The molecule has 0 radical (unpaired) electrons. The largest absolute Gasteiger partial charge is 0.310 e. The molecule has 0 fully saturated rings. The lowest BCUT2D eigenvalue weighted by molar-refractivity contribution is 0.904. The average Bonchev–Trinajstić information content (AvgIpc) is 3.63. The molecule has 10 aromatic rings. The molecular weight excluding hydrogens is 711 g/mol. The standard InChI is InChI=1S/C58H39N/c1-3-19-50-38(11-1)13-9-23-52(50)40-27-30-47(31-28-40)59(48-17-7-14-41(35-48)43-29-32-53-44(33-43)26-25-39-12-2-4-20-51(39)53)49-18-8-15-42(36-49)46-34-45-16-10-24-56-54-21-5-6-22-55(54)57(37-46)58(45)56/h1-36,46H,37H2. The minimum atomic E-state index is 0.259. The quantitative estimate of drug-likeness (QED) is 0.153. The minimum absolute atomic E-state index is 0.259. The average molecular weight is 750 g/mol. The molecule has 2 aliphatic carbocycles. The van der Waals surface area contributed by atoms with Crippen molar-refractivity contribution in [1.29, 1.82) is 0 Å². The topological polar surface area (TPSA) is 3.24 Å². The Kier molecular flexibility index (Phi) is 7.74. The monoisotopic (exact) mass is 749 g/mol. The van der Waals surface area contributed by atoms with Gasteiger partial charge in [0.25, 0.3) is 0 Å². The molecule has 1 atom stereocenters. The lowest BCUT2D eigenvalue weighted by Gasteiger charge is -2.28. The van der Waals surface area contributed by atoms with Crippen LogP contribution in [-0.4, -0.2) is 0 Å². The van der Waals surface area contributed by atoms with E-state index in [-0.39, 0.29) is 5.92 Å². The zero-order chi connectivity index (χ0) is 38.9. The molecule has 1 unspecified atom stereocenters. The van der Waals surface area contributed by atoms with Crippen LogP contribution in [0.4, 0.5) is 17.1 Å². The molecular formula is C58H39N. The van der Waals surface area contributed by atoms with Crippen LogP contribution in [0.2, 0.25) is 0 Å². The second kappa shape index (κ2) is 13.6. The van der Waals surface area contributed by atoms with E-state index in [4.69, 9.17) is 0 Å². The lowest BCUT2D eigenvalue weighted by Crippen LogP contribution is -2.31. The summed E-state index contributed by atoms with van der Waals surface area (Å²) in [5.41, 5.74) is 15.2. The molecule has 1 heteroatoms. The van der Waals surface area contributed by atoms with Crippen LogP contribution < -0.4 is 15.3 Å². The summed E-state index contributed by atoms with van der Waals surface area (Å²) in [5.74, 6) is 0.259. The Morgan fingerprint density at radius 3 is 1.85 bits per heavy atom. The normalized spacial score (nSPS) is 14.0. The molecule has 12 rings (SSSR count). The van der Waals surface area contributed by atoms with Crippen molar-refractivity contribution >= 4 is 61.0 Å². The second-order valence-electron chi connectivity index (χ2n) is 16.0. The third-order valence-corrected chi connectivity index (χ3v) is 12.7. The van der Waals surface area contributed by atoms with Gasteiger partial charge in [-0.25, -0.2) is 0 Å². The first-order chi connectivity index (χ1) is 29.2. The molecule has 0 aliphatic heterocycles. The lowest BCUT2D eigenvalue weighted by atomic mass is 9.85. The molecule has 59 heavy (non-hydrogen) atoms. The fraction of sp³-hybridized carbons (Fsp3) is 0.0345. The number of hydrogen-bond acceptors (Lipinski definition) is 1. The molecule has 0 bridgehead atoms. The van der Waals surface area contributed by atoms with Gasteiger partial charge in [-0.05, 0) is 142 Å². The fourth-order valence-electron chi connectivity index (χ4n) is 9.93. The van der Waals surface area contributed by atoms with Crippen molar-refractivity contribution in [3.63, 3.8) is 0 Å². The SMILES string of the molecule is C1=c2cccc3c2=C(CC1c1cccc(N(c2ccc(-c4cccc5ccccc45)cc2)c2cccc(-c4ccc5c(ccc6ccccc65)c4)c2)c1)c1ccccc1-3. The van der Waals surface area contributed by atoms with E-state index in [1.54, 1.807) is 0 Å². The van der Waals surface area contributed by atoms with Crippen LogP contribution in [0.5, 0.6) is 0 Å². The molecule has 0 heterocycles. The van der Waals surface area contributed by atoms with Crippen LogP contribution in [0.15, 0.2) is 212 Å². The number of benzene rings is 10. The zero-order valence-electron chi connectivity index (χ0n) is 32.5. The van der Waals surface area contributed by atoms with E-state index in [0.717, 1.165) is 23.5 Å². The van der Waals surface area contributed by atoms with Crippen molar-refractivity contribution < 1.29 is 0 Å². The summed E-state index contributed by atoms with van der Waals surface area (Å²) in [4.78, 5) is 2.43. The molecule has 0 aromatic heterocycles. The highest BCUT2D eigenvalue weighted by atomic mass is 15.1. The van der Waals surface area contributed by atoms with Crippen molar-refractivity contribution in [2.75, 3.05) is 4.90 Å². The van der Waals surface area contributed by atoms with E-state index < -0.39 is 0 Å². The molecule has 0 saturated heterocycles. The minimum Gasteiger partial charge on any atom is -0.310 e.